The molecule has 0 saturated carbocycles. The van der Waals surface area contributed by atoms with Crippen LogP contribution in [-0.4, -0.2) is 71.1 Å². The third-order valence-corrected chi connectivity index (χ3v) is 7.24. The highest BCUT2D eigenvalue weighted by molar-refractivity contribution is 6.05. The highest BCUT2D eigenvalue weighted by atomic mass is 16.2. The number of amides is 2. The molecule has 1 saturated heterocycles. The van der Waals surface area contributed by atoms with Crippen molar-refractivity contribution in [1.82, 2.24) is 19.5 Å². The van der Waals surface area contributed by atoms with Gasteiger partial charge in [-0.05, 0) is 75.8 Å². The Labute approximate surface area is 251 Å². The van der Waals surface area contributed by atoms with Gasteiger partial charge in [-0.3, -0.25) is 9.59 Å². The van der Waals surface area contributed by atoms with Crippen LogP contribution in [-0.2, 0) is 11.2 Å². The molecule has 1 atom stereocenters. The number of fused-ring (bicyclic) bond motifs is 1. The van der Waals surface area contributed by atoms with E-state index in [9.17, 15) is 9.59 Å². The molecule has 1 aliphatic heterocycles. The summed E-state index contributed by atoms with van der Waals surface area (Å²) in [5, 5.41) is 13.8. The number of piperidine rings is 1. The van der Waals surface area contributed by atoms with Gasteiger partial charge in [0.05, 0.1) is 6.20 Å². The van der Waals surface area contributed by atoms with Gasteiger partial charge in [-0.15, -0.1) is 0 Å². The zero-order valence-electron chi connectivity index (χ0n) is 24.9. The van der Waals surface area contributed by atoms with Crippen molar-refractivity contribution in [2.75, 3.05) is 54.6 Å². The minimum absolute atomic E-state index is 0.129. The first-order chi connectivity index (χ1) is 20.8. The Morgan fingerprint density at radius 1 is 1.07 bits per heavy atom. The molecule has 2 aromatic heterocycles. The molecule has 11 nitrogen and oxygen atoms in total. The van der Waals surface area contributed by atoms with Crippen molar-refractivity contribution in [3.05, 3.63) is 84.1 Å². The molecule has 11 heteroatoms. The summed E-state index contributed by atoms with van der Waals surface area (Å²) in [5.74, 6) is 1.17. The standard InChI is InChI=1S/C32H39N9O2/c1-4-22-20-34-41-29(19-28(38-31(22)41)40-17-6-8-24(33)21-40)35-26-9-5-10-27(18-26)37-32(43)23-12-14-25(15-13-23)36-30(42)11-7-16-39(2)3/h5,7,9-15,18-20,24,35H,4,6,8,16-17,21,33H2,1-3H3,(H,36,42)(H,37,43)/b11-7+. The van der Waals surface area contributed by atoms with Gasteiger partial charge in [0, 0.05) is 66.0 Å². The predicted octanol–water partition coefficient (Wildman–Crippen LogP) is 4.27. The molecule has 5 rings (SSSR count). The van der Waals surface area contributed by atoms with Crippen molar-refractivity contribution in [2.45, 2.75) is 32.2 Å². The third kappa shape index (κ3) is 7.56. The summed E-state index contributed by atoms with van der Waals surface area (Å²) in [7, 11) is 3.87. The zero-order chi connectivity index (χ0) is 30.3. The molecule has 3 heterocycles. The molecule has 4 aromatic rings. The highest BCUT2D eigenvalue weighted by Crippen LogP contribution is 2.27. The number of nitrogens with one attached hydrogen (secondary N) is 3. The Kier molecular flexibility index (Phi) is 9.33. The Hall–Kier alpha value is -4.74. The molecule has 1 fully saturated rings. The molecule has 2 amide bonds. The second kappa shape index (κ2) is 13.5. The van der Waals surface area contributed by atoms with Crippen LogP contribution < -0.4 is 26.6 Å². The van der Waals surface area contributed by atoms with Crippen molar-refractivity contribution < 1.29 is 9.59 Å². The minimum Gasteiger partial charge on any atom is -0.355 e. The Morgan fingerprint density at radius 3 is 2.60 bits per heavy atom. The predicted molar refractivity (Wildman–Crippen MR) is 172 cm³/mol. The number of nitrogens with two attached hydrogens (primary N) is 1. The van der Waals surface area contributed by atoms with Gasteiger partial charge in [0.25, 0.3) is 5.91 Å². The van der Waals surface area contributed by atoms with E-state index in [4.69, 9.17) is 10.7 Å². The Morgan fingerprint density at radius 2 is 1.86 bits per heavy atom. The lowest BCUT2D eigenvalue weighted by atomic mass is 10.1. The second-order valence-electron chi connectivity index (χ2n) is 11.0. The van der Waals surface area contributed by atoms with Gasteiger partial charge in [0.15, 0.2) is 5.65 Å². The summed E-state index contributed by atoms with van der Waals surface area (Å²) in [6.45, 7) is 4.44. The Balaban J connectivity index is 1.29. The summed E-state index contributed by atoms with van der Waals surface area (Å²) in [5.41, 5.74) is 10.7. The number of carbonyl (C=O) groups excluding carboxylic acids is 2. The average Bonchev–Trinajstić information content (AvgIpc) is 3.41. The molecule has 1 unspecified atom stereocenters. The van der Waals surface area contributed by atoms with Crippen LogP contribution in [0, 0.1) is 0 Å². The number of likely N-dealkylation sites (N-methyl/N-ethyl adjacent to an activating group) is 1. The molecule has 5 N–H and O–H groups in total. The van der Waals surface area contributed by atoms with Crippen LogP contribution in [0.15, 0.2) is 72.9 Å². The van der Waals surface area contributed by atoms with Crippen molar-refractivity contribution in [3.63, 3.8) is 0 Å². The normalized spacial score (nSPS) is 15.3. The Bertz CT molecular complexity index is 1610. The van der Waals surface area contributed by atoms with Gasteiger partial charge in [0.2, 0.25) is 5.91 Å². The van der Waals surface area contributed by atoms with Crippen molar-refractivity contribution in [3.8, 4) is 0 Å². The molecule has 1 aliphatic rings. The first-order valence-corrected chi connectivity index (χ1v) is 14.6. The van der Waals surface area contributed by atoms with Crippen LogP contribution in [0.5, 0.6) is 0 Å². The van der Waals surface area contributed by atoms with Crippen LogP contribution in [0.1, 0.15) is 35.7 Å². The number of aryl methyl sites for hydroxylation is 1. The number of benzene rings is 2. The second-order valence-corrected chi connectivity index (χ2v) is 11.0. The van der Waals surface area contributed by atoms with Gasteiger partial charge in [-0.2, -0.15) is 9.61 Å². The van der Waals surface area contributed by atoms with E-state index < -0.39 is 0 Å². The van der Waals surface area contributed by atoms with E-state index in [1.165, 1.54) is 6.08 Å². The number of anilines is 5. The van der Waals surface area contributed by atoms with E-state index in [1.807, 2.05) is 60.0 Å². The number of hydrogen-bond donors (Lipinski definition) is 4. The van der Waals surface area contributed by atoms with Gasteiger partial charge in [-0.25, -0.2) is 4.98 Å². The largest absolute Gasteiger partial charge is 0.355 e. The van der Waals surface area contributed by atoms with E-state index in [0.29, 0.717) is 23.5 Å². The maximum absolute atomic E-state index is 13.0. The molecule has 0 bridgehead atoms. The molecule has 43 heavy (non-hydrogen) atoms. The van der Waals surface area contributed by atoms with E-state index >= 15 is 0 Å². The quantitative estimate of drug-likeness (QED) is 0.204. The monoisotopic (exact) mass is 581 g/mol. The summed E-state index contributed by atoms with van der Waals surface area (Å²) < 4.78 is 1.82. The van der Waals surface area contributed by atoms with E-state index in [1.54, 1.807) is 30.3 Å². The first kappa shape index (κ1) is 29.7. The van der Waals surface area contributed by atoms with Crippen LogP contribution in [0.25, 0.3) is 5.65 Å². The van der Waals surface area contributed by atoms with Crippen molar-refractivity contribution in [1.29, 1.82) is 0 Å². The maximum atomic E-state index is 13.0. The fraction of sp³-hybridized carbons (Fsp3) is 0.312. The fourth-order valence-electron chi connectivity index (χ4n) is 5.00. The molecular weight excluding hydrogens is 542 g/mol. The smallest absolute Gasteiger partial charge is 0.255 e. The maximum Gasteiger partial charge on any atom is 0.255 e. The number of aromatic nitrogens is 3. The molecular formula is C32H39N9O2. The van der Waals surface area contributed by atoms with E-state index in [-0.39, 0.29) is 17.9 Å². The number of hydrogen-bond acceptors (Lipinski definition) is 8. The fourth-order valence-corrected chi connectivity index (χ4v) is 5.00. The lowest BCUT2D eigenvalue weighted by Crippen LogP contribution is -2.43. The summed E-state index contributed by atoms with van der Waals surface area (Å²) in [4.78, 5) is 34.3. The van der Waals surface area contributed by atoms with Crippen LogP contribution in [0.4, 0.5) is 28.7 Å². The van der Waals surface area contributed by atoms with Crippen molar-refractivity contribution >= 4 is 46.2 Å². The minimum atomic E-state index is -0.254. The third-order valence-electron chi connectivity index (χ3n) is 7.24. The number of nitrogens with zero attached hydrogens (tertiary/aromatic N) is 5. The highest BCUT2D eigenvalue weighted by Gasteiger charge is 2.21. The topological polar surface area (TPSA) is 133 Å². The summed E-state index contributed by atoms with van der Waals surface area (Å²) >= 11 is 0. The van der Waals surface area contributed by atoms with Gasteiger partial charge < -0.3 is 31.5 Å². The first-order valence-electron chi connectivity index (χ1n) is 14.6. The van der Waals surface area contributed by atoms with Gasteiger partial charge >= 0.3 is 0 Å². The average molecular weight is 582 g/mol. The number of rotatable bonds is 10. The molecule has 0 spiro atoms. The SMILES string of the molecule is CCc1cnn2c(Nc3cccc(NC(=O)c4ccc(NC(=O)/C=C/CN(C)C)cc4)c3)cc(N3CCCC(N)C3)nc12. The van der Waals surface area contributed by atoms with E-state index in [0.717, 1.165) is 60.9 Å². The van der Waals surface area contributed by atoms with E-state index in [2.05, 4.69) is 32.9 Å². The summed E-state index contributed by atoms with van der Waals surface area (Å²) in [6, 6.07) is 16.4. The van der Waals surface area contributed by atoms with Crippen LogP contribution in [0.2, 0.25) is 0 Å². The molecule has 0 radical (unpaired) electrons. The molecule has 0 aliphatic carbocycles. The van der Waals surface area contributed by atoms with Gasteiger partial charge in [-0.1, -0.05) is 19.1 Å². The summed E-state index contributed by atoms with van der Waals surface area (Å²) in [6.07, 6.45) is 8.01. The van der Waals surface area contributed by atoms with Gasteiger partial charge in [0.1, 0.15) is 11.6 Å². The lowest BCUT2D eigenvalue weighted by Gasteiger charge is -2.32. The van der Waals surface area contributed by atoms with Crippen LogP contribution >= 0.6 is 0 Å². The molecule has 2 aromatic carbocycles. The van der Waals surface area contributed by atoms with Crippen molar-refractivity contribution in [2.24, 2.45) is 5.73 Å². The number of carbonyl (C=O) groups is 2. The van der Waals surface area contributed by atoms with Crippen LogP contribution in [0.3, 0.4) is 0 Å². The lowest BCUT2D eigenvalue weighted by molar-refractivity contribution is -0.111. The zero-order valence-corrected chi connectivity index (χ0v) is 24.9. The molecule has 224 valence electrons.